The highest BCUT2D eigenvalue weighted by Crippen LogP contribution is 2.44. The summed E-state index contributed by atoms with van der Waals surface area (Å²) in [5, 5.41) is 14.4. The smallest absolute Gasteiger partial charge is 0.407 e. The summed E-state index contributed by atoms with van der Waals surface area (Å²) in [5.74, 6) is -0.956. The number of carbonyl (C=O) groups excluding carboxylic acids is 2. The predicted molar refractivity (Wildman–Crippen MR) is 131 cm³/mol. The first-order valence-corrected chi connectivity index (χ1v) is 11.7. The van der Waals surface area contributed by atoms with Gasteiger partial charge in [0, 0.05) is 31.8 Å². The summed E-state index contributed by atoms with van der Waals surface area (Å²) in [6.45, 7) is 6.64. The number of hydrogen-bond donors (Lipinski definition) is 3. The van der Waals surface area contributed by atoms with Gasteiger partial charge in [0.15, 0.2) is 0 Å². The summed E-state index contributed by atoms with van der Waals surface area (Å²) in [7, 11) is 0. The van der Waals surface area contributed by atoms with Crippen molar-refractivity contribution in [1.82, 2.24) is 10.6 Å². The normalized spacial score (nSPS) is 13.5. The summed E-state index contributed by atoms with van der Waals surface area (Å²) in [6, 6.07) is 16.4. The molecule has 1 atom stereocenters. The molecule has 0 heterocycles. The fraction of sp³-hybridized carbons (Fsp3) is 0.444. The fourth-order valence-electron chi connectivity index (χ4n) is 4.38. The quantitative estimate of drug-likeness (QED) is 0.450. The van der Waals surface area contributed by atoms with Crippen LogP contribution in [0.5, 0.6) is 0 Å². The molecule has 0 aliphatic heterocycles. The lowest BCUT2D eigenvalue weighted by atomic mass is 9.89. The molecule has 0 radical (unpaired) electrons. The molecule has 0 saturated heterocycles. The number of ether oxygens (including phenoxy) is 1. The molecule has 2 aromatic rings. The maximum absolute atomic E-state index is 12.4. The third-order valence-electron chi connectivity index (χ3n) is 6.18. The number of fused-ring (bicyclic) bond motifs is 3. The topological polar surface area (TPSA) is 105 Å². The van der Waals surface area contributed by atoms with Gasteiger partial charge in [-0.3, -0.25) is 9.59 Å². The SMILES string of the molecule is CC(CCNC(=O)CC(C)(C)CNC(=O)OCC1c2ccccc2-c2ccccc21)CC(=O)O. The number of alkyl carbamates (subject to hydrolysis) is 1. The van der Waals surface area contributed by atoms with E-state index in [4.69, 9.17) is 9.84 Å². The fourth-order valence-corrected chi connectivity index (χ4v) is 4.38. The molecule has 7 nitrogen and oxygen atoms in total. The molecule has 1 aliphatic rings. The molecule has 0 saturated carbocycles. The van der Waals surface area contributed by atoms with Crippen LogP contribution in [0.15, 0.2) is 48.5 Å². The Labute approximate surface area is 200 Å². The van der Waals surface area contributed by atoms with Gasteiger partial charge >= 0.3 is 12.1 Å². The van der Waals surface area contributed by atoms with Crippen LogP contribution in [0.2, 0.25) is 0 Å². The minimum Gasteiger partial charge on any atom is -0.481 e. The third-order valence-corrected chi connectivity index (χ3v) is 6.18. The Balaban J connectivity index is 1.43. The molecule has 2 aromatic carbocycles. The van der Waals surface area contributed by atoms with Crippen molar-refractivity contribution in [3.63, 3.8) is 0 Å². The summed E-state index contributed by atoms with van der Waals surface area (Å²) in [6.07, 6.45) is 0.434. The molecule has 2 amide bonds. The number of carbonyl (C=O) groups is 3. The van der Waals surface area contributed by atoms with Gasteiger partial charge in [0.05, 0.1) is 0 Å². The van der Waals surface area contributed by atoms with E-state index in [0.717, 1.165) is 11.1 Å². The van der Waals surface area contributed by atoms with Crippen LogP contribution in [0.4, 0.5) is 4.79 Å². The van der Waals surface area contributed by atoms with Crippen molar-refractivity contribution in [3.05, 3.63) is 59.7 Å². The highest BCUT2D eigenvalue weighted by Gasteiger charge is 2.29. The molecule has 1 aliphatic carbocycles. The standard InChI is InChI=1S/C27H34N2O5/c1-18(14-25(31)32)12-13-28-24(30)15-27(2,3)17-29-26(33)34-16-23-21-10-6-4-8-19(21)20-9-5-7-11-22(20)23/h4-11,18,23H,12-17H2,1-3H3,(H,28,30)(H,29,33)(H,31,32). The molecule has 0 aromatic heterocycles. The zero-order valence-electron chi connectivity index (χ0n) is 20.1. The van der Waals surface area contributed by atoms with E-state index in [1.807, 2.05) is 45.0 Å². The summed E-state index contributed by atoms with van der Waals surface area (Å²) in [5.41, 5.74) is 4.22. The second-order valence-electron chi connectivity index (χ2n) is 9.86. The lowest BCUT2D eigenvalue weighted by molar-refractivity contribution is -0.138. The van der Waals surface area contributed by atoms with Crippen LogP contribution in [0.3, 0.4) is 0 Å². The zero-order valence-corrected chi connectivity index (χ0v) is 20.1. The molecule has 0 bridgehead atoms. The number of aliphatic carboxylic acids is 1. The first kappa shape index (κ1) is 25.3. The van der Waals surface area contributed by atoms with Gasteiger partial charge in [-0.25, -0.2) is 4.79 Å². The van der Waals surface area contributed by atoms with Crippen molar-refractivity contribution >= 4 is 18.0 Å². The van der Waals surface area contributed by atoms with Gasteiger partial charge in [0.2, 0.25) is 5.91 Å². The highest BCUT2D eigenvalue weighted by molar-refractivity contribution is 5.79. The van der Waals surface area contributed by atoms with Gasteiger partial charge in [-0.2, -0.15) is 0 Å². The lowest BCUT2D eigenvalue weighted by Gasteiger charge is -2.24. The van der Waals surface area contributed by atoms with Crippen LogP contribution in [-0.4, -0.2) is 42.8 Å². The number of carboxylic acids is 1. The Morgan fingerprint density at radius 2 is 1.59 bits per heavy atom. The van der Waals surface area contributed by atoms with E-state index in [9.17, 15) is 14.4 Å². The maximum Gasteiger partial charge on any atom is 0.407 e. The predicted octanol–water partition coefficient (Wildman–Crippen LogP) is 4.56. The van der Waals surface area contributed by atoms with E-state index in [-0.39, 0.29) is 37.2 Å². The number of nitrogens with one attached hydrogen (secondary N) is 2. The molecule has 182 valence electrons. The van der Waals surface area contributed by atoms with Crippen LogP contribution >= 0.6 is 0 Å². The average molecular weight is 467 g/mol. The molecule has 3 rings (SSSR count). The first-order chi connectivity index (χ1) is 16.2. The lowest BCUT2D eigenvalue weighted by Crippen LogP contribution is -2.38. The summed E-state index contributed by atoms with van der Waals surface area (Å²) in [4.78, 5) is 35.4. The van der Waals surface area contributed by atoms with Crippen molar-refractivity contribution in [2.45, 2.75) is 46.0 Å². The third kappa shape index (κ3) is 6.83. The Bertz CT molecular complexity index is 988. The van der Waals surface area contributed by atoms with Gasteiger partial charge in [0.1, 0.15) is 6.61 Å². The van der Waals surface area contributed by atoms with E-state index in [1.165, 1.54) is 11.1 Å². The van der Waals surface area contributed by atoms with Gasteiger partial charge in [-0.05, 0) is 40.0 Å². The molecule has 0 spiro atoms. The van der Waals surface area contributed by atoms with E-state index in [0.29, 0.717) is 19.5 Å². The average Bonchev–Trinajstić information content (AvgIpc) is 3.09. The largest absolute Gasteiger partial charge is 0.481 e. The monoisotopic (exact) mass is 466 g/mol. The van der Waals surface area contributed by atoms with Gasteiger partial charge in [0.25, 0.3) is 0 Å². The van der Waals surface area contributed by atoms with Crippen LogP contribution in [-0.2, 0) is 14.3 Å². The van der Waals surface area contributed by atoms with Crippen molar-refractivity contribution in [3.8, 4) is 11.1 Å². The van der Waals surface area contributed by atoms with E-state index in [1.54, 1.807) is 0 Å². The molecular weight excluding hydrogens is 432 g/mol. The molecular formula is C27H34N2O5. The van der Waals surface area contributed by atoms with Crippen molar-refractivity contribution < 1.29 is 24.2 Å². The maximum atomic E-state index is 12.4. The van der Waals surface area contributed by atoms with Crippen molar-refractivity contribution in [2.24, 2.45) is 11.3 Å². The second-order valence-corrected chi connectivity index (χ2v) is 9.86. The van der Waals surface area contributed by atoms with Crippen LogP contribution < -0.4 is 10.6 Å². The summed E-state index contributed by atoms with van der Waals surface area (Å²) >= 11 is 0. The van der Waals surface area contributed by atoms with E-state index in [2.05, 4.69) is 34.9 Å². The zero-order chi connectivity index (χ0) is 24.7. The Morgan fingerprint density at radius 1 is 1.00 bits per heavy atom. The molecule has 34 heavy (non-hydrogen) atoms. The number of rotatable bonds is 11. The number of carboxylic acid groups (broad SMARTS) is 1. The van der Waals surface area contributed by atoms with Crippen LogP contribution in [0, 0.1) is 11.3 Å². The van der Waals surface area contributed by atoms with Crippen molar-refractivity contribution in [1.29, 1.82) is 0 Å². The van der Waals surface area contributed by atoms with Gasteiger partial charge in [-0.1, -0.05) is 69.3 Å². The second kappa shape index (κ2) is 11.2. The molecule has 0 fully saturated rings. The molecule has 3 N–H and O–H groups in total. The molecule has 7 heteroatoms. The number of amides is 2. The summed E-state index contributed by atoms with van der Waals surface area (Å²) < 4.78 is 5.56. The van der Waals surface area contributed by atoms with E-state index >= 15 is 0 Å². The van der Waals surface area contributed by atoms with Crippen LogP contribution in [0.1, 0.15) is 57.1 Å². The van der Waals surface area contributed by atoms with Gasteiger partial charge in [-0.15, -0.1) is 0 Å². The molecule has 1 unspecified atom stereocenters. The number of hydrogen-bond acceptors (Lipinski definition) is 4. The number of benzene rings is 2. The highest BCUT2D eigenvalue weighted by atomic mass is 16.5. The Hall–Kier alpha value is -3.35. The minimum absolute atomic E-state index is 0.000423. The minimum atomic E-state index is -0.834. The Kier molecular flexibility index (Phi) is 8.31. The van der Waals surface area contributed by atoms with Gasteiger partial charge < -0.3 is 20.5 Å². The van der Waals surface area contributed by atoms with E-state index < -0.39 is 17.5 Å². The Morgan fingerprint density at radius 3 is 2.18 bits per heavy atom. The first-order valence-electron chi connectivity index (χ1n) is 11.7. The van der Waals surface area contributed by atoms with Crippen molar-refractivity contribution in [2.75, 3.05) is 19.7 Å². The van der Waals surface area contributed by atoms with Crippen LogP contribution in [0.25, 0.3) is 11.1 Å².